The van der Waals surface area contributed by atoms with Gasteiger partial charge in [-0.05, 0) is 43.3 Å². The van der Waals surface area contributed by atoms with Crippen molar-refractivity contribution in [2.75, 3.05) is 30.4 Å². The molecular formula is C18H19BrFN3O2. The van der Waals surface area contributed by atoms with Crippen molar-refractivity contribution in [3.63, 3.8) is 0 Å². The molecule has 2 aromatic rings. The first-order chi connectivity index (χ1) is 11.9. The summed E-state index contributed by atoms with van der Waals surface area (Å²) in [5.41, 5.74) is 1.31. The first-order valence-corrected chi connectivity index (χ1v) is 8.54. The van der Waals surface area contributed by atoms with Crippen LogP contribution in [0.25, 0.3) is 0 Å². The smallest absolute Gasteiger partial charge is 0.251 e. The third kappa shape index (κ3) is 5.29. The molecule has 0 heterocycles. The summed E-state index contributed by atoms with van der Waals surface area (Å²) in [4.78, 5) is 25.5. The Morgan fingerprint density at radius 1 is 1.20 bits per heavy atom. The Morgan fingerprint density at radius 2 is 1.96 bits per heavy atom. The molecule has 2 amide bonds. The van der Waals surface area contributed by atoms with Crippen LogP contribution in [-0.2, 0) is 4.79 Å². The number of benzene rings is 2. The Morgan fingerprint density at radius 3 is 2.64 bits per heavy atom. The summed E-state index contributed by atoms with van der Waals surface area (Å²) in [6.45, 7) is 2.34. The fourth-order valence-corrected chi connectivity index (χ4v) is 2.63. The minimum absolute atomic E-state index is 0.0239. The molecule has 0 saturated heterocycles. The highest BCUT2D eigenvalue weighted by Gasteiger charge is 2.13. The number of halogens is 2. The van der Waals surface area contributed by atoms with Crippen molar-refractivity contribution >= 4 is 39.1 Å². The van der Waals surface area contributed by atoms with E-state index in [2.05, 4.69) is 26.6 Å². The molecule has 0 unspecified atom stereocenters. The number of rotatable bonds is 6. The van der Waals surface area contributed by atoms with Gasteiger partial charge in [-0.2, -0.15) is 0 Å². The van der Waals surface area contributed by atoms with Crippen LogP contribution in [0.3, 0.4) is 0 Å². The molecule has 2 N–H and O–H groups in total. The largest absolute Gasteiger partial charge is 0.363 e. The van der Waals surface area contributed by atoms with E-state index in [0.717, 1.165) is 0 Å². The second-order valence-electron chi connectivity index (χ2n) is 5.44. The number of likely N-dealkylation sites (N-methyl/N-ethyl adjacent to an activating group) is 1. The van der Waals surface area contributed by atoms with Crippen LogP contribution in [0.4, 0.5) is 15.8 Å². The van der Waals surface area contributed by atoms with Crippen LogP contribution in [0, 0.1) is 5.82 Å². The summed E-state index contributed by atoms with van der Waals surface area (Å²) in [5.74, 6) is -0.923. The van der Waals surface area contributed by atoms with Gasteiger partial charge in [-0.3, -0.25) is 9.59 Å². The standard InChI is InChI=1S/C18H19BrFN3O2/c1-3-21-18(25)12-5-4-6-14(9-12)22-17(24)11-23(2)16-8-7-13(19)10-15(16)20/h4-10H,3,11H2,1-2H3,(H,21,25)(H,22,24). The van der Waals surface area contributed by atoms with Crippen LogP contribution in [0.1, 0.15) is 17.3 Å². The maximum atomic E-state index is 13.9. The Bertz CT molecular complexity index is 783. The van der Waals surface area contributed by atoms with Gasteiger partial charge in [-0.1, -0.05) is 22.0 Å². The molecule has 0 aromatic heterocycles. The zero-order valence-corrected chi connectivity index (χ0v) is 15.6. The molecule has 0 aliphatic rings. The van der Waals surface area contributed by atoms with Crippen molar-refractivity contribution in [1.29, 1.82) is 0 Å². The van der Waals surface area contributed by atoms with Gasteiger partial charge in [0.05, 0.1) is 12.2 Å². The van der Waals surface area contributed by atoms with E-state index in [1.165, 1.54) is 11.0 Å². The summed E-state index contributed by atoms with van der Waals surface area (Å²) in [6.07, 6.45) is 0. The third-order valence-corrected chi connectivity index (χ3v) is 3.94. The number of hydrogen-bond acceptors (Lipinski definition) is 3. The van der Waals surface area contributed by atoms with Crippen molar-refractivity contribution in [2.45, 2.75) is 6.92 Å². The van der Waals surface area contributed by atoms with Gasteiger partial charge >= 0.3 is 0 Å². The molecule has 0 bridgehead atoms. The predicted molar refractivity (Wildman–Crippen MR) is 100 cm³/mol. The summed E-state index contributed by atoms with van der Waals surface area (Å²) in [5, 5.41) is 5.42. The van der Waals surface area contributed by atoms with E-state index in [1.54, 1.807) is 43.4 Å². The van der Waals surface area contributed by atoms with Gasteiger partial charge in [0.25, 0.3) is 5.91 Å². The van der Waals surface area contributed by atoms with Crippen LogP contribution in [0.2, 0.25) is 0 Å². The maximum absolute atomic E-state index is 13.9. The highest BCUT2D eigenvalue weighted by atomic mass is 79.9. The van der Waals surface area contributed by atoms with E-state index in [0.29, 0.717) is 28.0 Å². The second-order valence-corrected chi connectivity index (χ2v) is 6.36. The van der Waals surface area contributed by atoms with Gasteiger partial charge in [0.2, 0.25) is 5.91 Å². The number of carbonyl (C=O) groups is 2. The molecule has 5 nitrogen and oxygen atoms in total. The van der Waals surface area contributed by atoms with Gasteiger partial charge in [-0.15, -0.1) is 0 Å². The van der Waals surface area contributed by atoms with E-state index >= 15 is 0 Å². The number of carbonyl (C=O) groups excluding carboxylic acids is 2. The molecule has 0 radical (unpaired) electrons. The first kappa shape index (κ1) is 18.9. The molecule has 0 fully saturated rings. The fourth-order valence-electron chi connectivity index (χ4n) is 2.29. The van der Waals surface area contributed by atoms with Crippen LogP contribution in [0.5, 0.6) is 0 Å². The predicted octanol–water partition coefficient (Wildman–Crippen LogP) is 3.41. The van der Waals surface area contributed by atoms with Crippen LogP contribution >= 0.6 is 15.9 Å². The van der Waals surface area contributed by atoms with Crippen molar-refractivity contribution in [3.8, 4) is 0 Å². The zero-order valence-electron chi connectivity index (χ0n) is 14.0. The van der Waals surface area contributed by atoms with Gasteiger partial charge in [-0.25, -0.2) is 4.39 Å². The normalized spacial score (nSPS) is 10.2. The molecule has 0 spiro atoms. The quantitative estimate of drug-likeness (QED) is 0.770. The van der Waals surface area contributed by atoms with Gasteiger partial charge in [0.15, 0.2) is 0 Å². The average Bonchev–Trinajstić information content (AvgIpc) is 2.55. The topological polar surface area (TPSA) is 61.4 Å². The van der Waals surface area contributed by atoms with Gasteiger partial charge in [0.1, 0.15) is 5.82 Å². The maximum Gasteiger partial charge on any atom is 0.251 e. The van der Waals surface area contributed by atoms with Crippen molar-refractivity contribution in [2.24, 2.45) is 0 Å². The second kappa shape index (κ2) is 8.62. The van der Waals surface area contributed by atoms with Crippen molar-refractivity contribution in [1.82, 2.24) is 5.32 Å². The lowest BCUT2D eigenvalue weighted by atomic mass is 10.2. The molecular weight excluding hydrogens is 389 g/mol. The van der Waals surface area contributed by atoms with E-state index in [4.69, 9.17) is 0 Å². The Hall–Kier alpha value is -2.41. The Kier molecular flexibility index (Phi) is 6.52. The molecule has 2 rings (SSSR count). The van der Waals surface area contributed by atoms with E-state index in [1.807, 2.05) is 6.92 Å². The van der Waals surface area contributed by atoms with E-state index in [-0.39, 0.29) is 18.4 Å². The zero-order chi connectivity index (χ0) is 18.4. The molecule has 7 heteroatoms. The molecule has 132 valence electrons. The number of nitrogens with one attached hydrogen (secondary N) is 2. The third-order valence-electron chi connectivity index (χ3n) is 3.45. The van der Waals surface area contributed by atoms with E-state index < -0.39 is 5.82 Å². The summed E-state index contributed by atoms with van der Waals surface area (Å²) >= 11 is 3.20. The number of anilines is 2. The monoisotopic (exact) mass is 407 g/mol. The molecule has 0 aliphatic heterocycles. The van der Waals surface area contributed by atoms with Crippen LogP contribution < -0.4 is 15.5 Å². The number of amides is 2. The Labute approximate surface area is 154 Å². The summed E-state index contributed by atoms with van der Waals surface area (Å²) in [7, 11) is 1.64. The SMILES string of the molecule is CCNC(=O)c1cccc(NC(=O)CN(C)c2ccc(Br)cc2F)c1. The minimum atomic E-state index is -0.414. The van der Waals surface area contributed by atoms with Crippen LogP contribution in [0.15, 0.2) is 46.9 Å². The van der Waals surface area contributed by atoms with E-state index in [9.17, 15) is 14.0 Å². The number of nitrogens with zero attached hydrogens (tertiary/aromatic N) is 1. The van der Waals surface area contributed by atoms with Crippen molar-refractivity contribution in [3.05, 3.63) is 58.3 Å². The summed E-state index contributed by atoms with van der Waals surface area (Å²) < 4.78 is 14.6. The molecule has 2 aromatic carbocycles. The highest BCUT2D eigenvalue weighted by Crippen LogP contribution is 2.22. The average molecular weight is 408 g/mol. The molecule has 25 heavy (non-hydrogen) atoms. The van der Waals surface area contributed by atoms with Crippen LogP contribution in [-0.4, -0.2) is 32.0 Å². The fraction of sp³-hybridized carbons (Fsp3) is 0.222. The lowest BCUT2D eigenvalue weighted by molar-refractivity contribution is -0.114. The summed E-state index contributed by atoms with van der Waals surface area (Å²) in [6, 6.07) is 11.3. The number of hydrogen-bond donors (Lipinski definition) is 2. The molecule has 0 atom stereocenters. The van der Waals surface area contributed by atoms with Crippen molar-refractivity contribution < 1.29 is 14.0 Å². The highest BCUT2D eigenvalue weighted by molar-refractivity contribution is 9.10. The first-order valence-electron chi connectivity index (χ1n) is 7.75. The minimum Gasteiger partial charge on any atom is -0.363 e. The molecule has 0 saturated carbocycles. The van der Waals surface area contributed by atoms with Gasteiger partial charge < -0.3 is 15.5 Å². The molecule has 0 aliphatic carbocycles. The lowest BCUT2D eigenvalue weighted by Crippen LogP contribution is -2.30. The lowest BCUT2D eigenvalue weighted by Gasteiger charge is -2.19. The van der Waals surface area contributed by atoms with Gasteiger partial charge in [0, 0.05) is 29.3 Å². The Balaban J connectivity index is 2.02.